The van der Waals surface area contributed by atoms with Crippen LogP contribution in [0.3, 0.4) is 0 Å². The van der Waals surface area contributed by atoms with Gasteiger partial charge in [-0.25, -0.2) is 0 Å². The van der Waals surface area contributed by atoms with E-state index in [0.29, 0.717) is 12.5 Å². The Hall–Kier alpha value is -3.11. The number of aliphatic hydroxyl groups is 1. The van der Waals surface area contributed by atoms with Gasteiger partial charge in [0, 0.05) is 13.2 Å². The highest BCUT2D eigenvalue weighted by molar-refractivity contribution is 5.69. The number of carbonyl (C=O) groups excluding carboxylic acids is 1. The molecule has 0 amide bonds. The molecule has 1 N–H and O–H groups in total. The zero-order valence-electron chi connectivity index (χ0n) is 20.3. The van der Waals surface area contributed by atoms with Crippen molar-refractivity contribution < 1.29 is 19.4 Å². The van der Waals surface area contributed by atoms with Crippen LogP contribution in [0, 0.1) is 12.8 Å². The van der Waals surface area contributed by atoms with Crippen molar-refractivity contribution >= 4 is 6.79 Å². The van der Waals surface area contributed by atoms with E-state index in [1.807, 2.05) is 12.9 Å². The SMILES string of the molecule is C=O.CCc1cccc(-c2cccc(COc3ccc4c(c3)OCCC(C)C4)c2)c1C.CO. The summed E-state index contributed by atoms with van der Waals surface area (Å²) in [6.45, 7) is 10.0. The topological polar surface area (TPSA) is 55.8 Å². The van der Waals surface area contributed by atoms with Gasteiger partial charge in [0.2, 0.25) is 0 Å². The van der Waals surface area contributed by atoms with E-state index in [9.17, 15) is 0 Å². The van der Waals surface area contributed by atoms with Gasteiger partial charge in [-0.1, -0.05) is 56.3 Å². The van der Waals surface area contributed by atoms with E-state index >= 15 is 0 Å². The fourth-order valence-electron chi connectivity index (χ4n) is 4.15. The maximum absolute atomic E-state index is 8.00. The Morgan fingerprint density at radius 2 is 1.82 bits per heavy atom. The molecular formula is C29H36O4. The van der Waals surface area contributed by atoms with Crippen LogP contribution in [-0.2, 0) is 24.2 Å². The average molecular weight is 449 g/mol. The van der Waals surface area contributed by atoms with E-state index in [1.165, 1.54) is 33.4 Å². The predicted octanol–water partition coefficient (Wildman–Crippen LogP) is 6.19. The molecule has 0 bridgehead atoms. The molecule has 4 heteroatoms. The summed E-state index contributed by atoms with van der Waals surface area (Å²) in [5.74, 6) is 2.51. The number of fused-ring (bicyclic) bond motifs is 1. The quantitative estimate of drug-likeness (QED) is 0.506. The van der Waals surface area contributed by atoms with Crippen LogP contribution in [0.4, 0.5) is 0 Å². The predicted molar refractivity (Wildman–Crippen MR) is 135 cm³/mol. The molecule has 3 aromatic rings. The van der Waals surface area contributed by atoms with Crippen molar-refractivity contribution in [1.82, 2.24) is 0 Å². The third-order valence-electron chi connectivity index (χ3n) is 5.95. The van der Waals surface area contributed by atoms with Crippen LogP contribution in [0.1, 0.15) is 42.5 Å². The molecule has 1 atom stereocenters. The minimum atomic E-state index is 0.551. The molecule has 0 saturated carbocycles. The zero-order chi connectivity index (χ0) is 24.2. The fraction of sp³-hybridized carbons (Fsp3) is 0.345. The fourth-order valence-corrected chi connectivity index (χ4v) is 4.15. The van der Waals surface area contributed by atoms with Gasteiger partial charge in [-0.05, 0) is 77.6 Å². The number of rotatable bonds is 5. The molecule has 3 aromatic carbocycles. The molecular weight excluding hydrogens is 412 g/mol. The smallest absolute Gasteiger partial charge is 0.126 e. The van der Waals surface area contributed by atoms with Crippen LogP contribution in [0.2, 0.25) is 0 Å². The molecule has 1 aliphatic heterocycles. The summed E-state index contributed by atoms with van der Waals surface area (Å²) in [4.78, 5) is 8.00. The van der Waals surface area contributed by atoms with Gasteiger partial charge >= 0.3 is 0 Å². The van der Waals surface area contributed by atoms with Crippen molar-refractivity contribution in [2.45, 2.75) is 46.6 Å². The van der Waals surface area contributed by atoms with Crippen molar-refractivity contribution in [2.24, 2.45) is 5.92 Å². The number of aliphatic hydroxyl groups excluding tert-OH is 1. The van der Waals surface area contributed by atoms with E-state index < -0.39 is 0 Å². The van der Waals surface area contributed by atoms with Gasteiger partial charge in [0.25, 0.3) is 0 Å². The van der Waals surface area contributed by atoms with Crippen molar-refractivity contribution in [3.05, 3.63) is 82.9 Å². The van der Waals surface area contributed by atoms with Crippen LogP contribution in [0.25, 0.3) is 11.1 Å². The number of aryl methyl sites for hydroxylation is 1. The second-order valence-electron chi connectivity index (χ2n) is 8.15. The van der Waals surface area contributed by atoms with Crippen LogP contribution in [0.5, 0.6) is 11.5 Å². The molecule has 0 fully saturated rings. The molecule has 0 saturated heterocycles. The molecule has 1 aliphatic rings. The lowest BCUT2D eigenvalue weighted by molar-refractivity contribution is -0.0979. The Kier molecular flexibility index (Phi) is 10.6. The molecule has 0 radical (unpaired) electrons. The highest BCUT2D eigenvalue weighted by atomic mass is 16.5. The second-order valence-corrected chi connectivity index (χ2v) is 8.15. The summed E-state index contributed by atoms with van der Waals surface area (Å²) in [5, 5.41) is 7.00. The summed E-state index contributed by atoms with van der Waals surface area (Å²) in [6.07, 6.45) is 3.24. The van der Waals surface area contributed by atoms with Gasteiger partial charge < -0.3 is 19.4 Å². The normalized spacial score (nSPS) is 14.3. The maximum atomic E-state index is 8.00. The Labute approximate surface area is 198 Å². The first-order valence-electron chi connectivity index (χ1n) is 11.4. The molecule has 0 spiro atoms. The highest BCUT2D eigenvalue weighted by Gasteiger charge is 2.15. The van der Waals surface area contributed by atoms with Gasteiger partial charge in [0.15, 0.2) is 0 Å². The van der Waals surface area contributed by atoms with Gasteiger partial charge in [-0.2, -0.15) is 0 Å². The first-order chi connectivity index (χ1) is 16.1. The zero-order valence-corrected chi connectivity index (χ0v) is 20.3. The third kappa shape index (κ3) is 6.93. The summed E-state index contributed by atoms with van der Waals surface area (Å²) in [6, 6.07) is 21.5. The van der Waals surface area contributed by atoms with Crippen molar-refractivity contribution in [3.8, 4) is 22.6 Å². The van der Waals surface area contributed by atoms with E-state index in [4.69, 9.17) is 19.4 Å². The van der Waals surface area contributed by atoms with Gasteiger partial charge in [-0.15, -0.1) is 0 Å². The van der Waals surface area contributed by atoms with Gasteiger partial charge in [0.1, 0.15) is 24.9 Å². The second kappa shape index (κ2) is 13.4. The Morgan fingerprint density at radius 3 is 2.58 bits per heavy atom. The van der Waals surface area contributed by atoms with Gasteiger partial charge in [-0.3, -0.25) is 0 Å². The lowest BCUT2D eigenvalue weighted by Gasteiger charge is -2.13. The molecule has 33 heavy (non-hydrogen) atoms. The van der Waals surface area contributed by atoms with Crippen LogP contribution in [-0.4, -0.2) is 25.6 Å². The van der Waals surface area contributed by atoms with E-state index in [-0.39, 0.29) is 0 Å². The van der Waals surface area contributed by atoms with Gasteiger partial charge in [0.05, 0.1) is 6.61 Å². The maximum Gasteiger partial charge on any atom is 0.126 e. The number of carbonyl (C=O) groups is 1. The van der Waals surface area contributed by atoms with Crippen LogP contribution >= 0.6 is 0 Å². The number of hydrogen-bond acceptors (Lipinski definition) is 4. The largest absolute Gasteiger partial charge is 0.493 e. The summed E-state index contributed by atoms with van der Waals surface area (Å²) >= 11 is 0. The molecule has 0 aromatic heterocycles. The first kappa shape index (κ1) is 26.1. The average Bonchev–Trinajstić information content (AvgIpc) is 3.05. The van der Waals surface area contributed by atoms with E-state index in [0.717, 1.165) is 44.5 Å². The van der Waals surface area contributed by atoms with E-state index in [1.54, 1.807) is 0 Å². The molecule has 4 nitrogen and oxygen atoms in total. The molecule has 4 rings (SSSR count). The molecule has 0 aliphatic carbocycles. The summed E-state index contributed by atoms with van der Waals surface area (Å²) < 4.78 is 12.1. The van der Waals surface area contributed by atoms with Crippen LogP contribution in [0.15, 0.2) is 60.7 Å². The minimum Gasteiger partial charge on any atom is -0.493 e. The highest BCUT2D eigenvalue weighted by Crippen LogP contribution is 2.31. The lowest BCUT2D eigenvalue weighted by atomic mass is 9.94. The standard InChI is InChI=1S/C27H30O2.CH4O.CH2O/c1-4-22-8-6-10-26(20(22)3)23-9-5-7-21(16-23)18-29-25-12-11-24-15-19(2)13-14-28-27(24)17-25;2*1-2/h5-12,16-17,19H,4,13-15,18H2,1-3H3;2H,1H3;1H2. The number of ether oxygens (including phenoxy) is 2. The molecule has 176 valence electrons. The summed E-state index contributed by atoms with van der Waals surface area (Å²) in [7, 11) is 1.00. The van der Waals surface area contributed by atoms with Crippen LogP contribution < -0.4 is 9.47 Å². The Morgan fingerprint density at radius 1 is 1.06 bits per heavy atom. The van der Waals surface area contributed by atoms with Crippen molar-refractivity contribution in [2.75, 3.05) is 13.7 Å². The van der Waals surface area contributed by atoms with Crippen molar-refractivity contribution in [3.63, 3.8) is 0 Å². The lowest BCUT2D eigenvalue weighted by Crippen LogP contribution is -2.00. The van der Waals surface area contributed by atoms with E-state index in [2.05, 4.69) is 75.4 Å². The Bertz CT molecular complexity index is 1010. The molecule has 1 unspecified atom stereocenters. The minimum absolute atomic E-state index is 0.551. The number of benzene rings is 3. The third-order valence-corrected chi connectivity index (χ3v) is 5.95. The first-order valence-corrected chi connectivity index (χ1v) is 11.4. The van der Waals surface area contributed by atoms with Crippen molar-refractivity contribution in [1.29, 1.82) is 0 Å². The number of hydrogen-bond donors (Lipinski definition) is 1. The summed E-state index contributed by atoms with van der Waals surface area (Å²) in [5.41, 5.74) is 7.79. The Balaban J connectivity index is 0.000000914. The monoisotopic (exact) mass is 448 g/mol. The molecule has 1 heterocycles.